The first-order chi connectivity index (χ1) is 13.8. The Kier molecular flexibility index (Phi) is 4.45. The van der Waals surface area contributed by atoms with E-state index in [0.29, 0.717) is 11.3 Å². The number of thioether (sulfide) groups is 1. The average molecular weight is 415 g/mol. The number of cyclic esters (lactones) is 1. The molecule has 3 amide bonds. The normalized spacial score (nSPS) is 27.0. The molecule has 0 aromatic heterocycles. The molecular weight excluding hydrogens is 394 g/mol. The minimum absolute atomic E-state index is 0.0738. The Labute approximate surface area is 172 Å². The number of ether oxygens (including phenoxy) is 2. The lowest BCUT2D eigenvalue weighted by Gasteiger charge is -2.32. The Morgan fingerprint density at radius 2 is 2.10 bits per heavy atom. The molecule has 1 fully saturated rings. The molecule has 0 unspecified atom stereocenters. The summed E-state index contributed by atoms with van der Waals surface area (Å²) in [5.41, 5.74) is -1.33. The molecule has 3 aliphatic rings. The second-order valence-electron chi connectivity index (χ2n) is 7.60. The molecule has 3 aliphatic heterocycles. The van der Waals surface area contributed by atoms with Crippen LogP contribution in [0, 0.1) is 0 Å². The Balaban J connectivity index is 1.86. The van der Waals surface area contributed by atoms with Gasteiger partial charge in [-0.15, -0.1) is 6.58 Å². The number of rotatable bonds is 3. The first-order valence-electron chi connectivity index (χ1n) is 9.12. The lowest BCUT2D eigenvalue weighted by molar-refractivity contribution is -0.145. The SMILES string of the molecule is C=CCN1C(=O)[C@]2(OC(SC)=N[C@H]2C(=O)N2C(=O)OCC2(C)C)c2ccccc21. The topological polar surface area (TPSA) is 88.5 Å². The second kappa shape index (κ2) is 6.62. The second-order valence-corrected chi connectivity index (χ2v) is 8.36. The Morgan fingerprint density at radius 1 is 1.38 bits per heavy atom. The zero-order valence-corrected chi connectivity index (χ0v) is 17.2. The molecule has 9 heteroatoms. The highest BCUT2D eigenvalue weighted by molar-refractivity contribution is 8.13. The monoisotopic (exact) mass is 415 g/mol. The third-order valence-corrected chi connectivity index (χ3v) is 5.84. The number of hydrogen-bond acceptors (Lipinski definition) is 7. The molecule has 0 bridgehead atoms. The molecule has 0 radical (unpaired) electrons. The van der Waals surface area contributed by atoms with Gasteiger partial charge in [0.15, 0.2) is 6.04 Å². The quantitative estimate of drug-likeness (QED) is 0.704. The van der Waals surface area contributed by atoms with Gasteiger partial charge in [0.1, 0.15) is 6.61 Å². The summed E-state index contributed by atoms with van der Waals surface area (Å²) < 4.78 is 11.1. The number of benzene rings is 1. The minimum atomic E-state index is -1.66. The van der Waals surface area contributed by atoms with Crippen molar-refractivity contribution in [3.8, 4) is 0 Å². The van der Waals surface area contributed by atoms with Gasteiger partial charge in [0, 0.05) is 12.1 Å². The van der Waals surface area contributed by atoms with Crippen LogP contribution in [0.1, 0.15) is 19.4 Å². The summed E-state index contributed by atoms with van der Waals surface area (Å²) in [5, 5.41) is 0.220. The number of carbonyl (C=O) groups excluding carboxylic acids is 3. The predicted molar refractivity (Wildman–Crippen MR) is 109 cm³/mol. The number of hydrogen-bond donors (Lipinski definition) is 0. The van der Waals surface area contributed by atoms with Crippen molar-refractivity contribution in [1.82, 2.24) is 4.90 Å². The van der Waals surface area contributed by atoms with Crippen LogP contribution in [0.2, 0.25) is 0 Å². The van der Waals surface area contributed by atoms with Crippen LogP contribution in [0.25, 0.3) is 0 Å². The van der Waals surface area contributed by atoms with Gasteiger partial charge in [0.2, 0.25) is 10.8 Å². The Bertz CT molecular complexity index is 959. The first-order valence-corrected chi connectivity index (χ1v) is 10.3. The molecule has 0 saturated carbocycles. The first kappa shape index (κ1) is 19.5. The molecule has 1 aromatic carbocycles. The smallest absolute Gasteiger partial charge is 0.417 e. The van der Waals surface area contributed by atoms with Crippen molar-refractivity contribution in [2.24, 2.45) is 4.99 Å². The molecule has 1 spiro atoms. The number of nitrogens with zero attached hydrogens (tertiary/aromatic N) is 3. The van der Waals surface area contributed by atoms with E-state index in [1.54, 1.807) is 44.4 Å². The number of carbonyl (C=O) groups is 3. The van der Waals surface area contributed by atoms with Crippen LogP contribution in [-0.4, -0.2) is 59.0 Å². The van der Waals surface area contributed by atoms with E-state index in [-0.39, 0.29) is 18.4 Å². The lowest BCUT2D eigenvalue weighted by atomic mass is 9.86. The van der Waals surface area contributed by atoms with Crippen LogP contribution in [0.15, 0.2) is 41.9 Å². The van der Waals surface area contributed by atoms with Crippen molar-refractivity contribution in [1.29, 1.82) is 0 Å². The maximum absolute atomic E-state index is 13.6. The van der Waals surface area contributed by atoms with Gasteiger partial charge in [0.25, 0.3) is 11.8 Å². The maximum Gasteiger partial charge on any atom is 0.417 e. The summed E-state index contributed by atoms with van der Waals surface area (Å²) in [5.74, 6) is -1.03. The van der Waals surface area contributed by atoms with Crippen molar-refractivity contribution < 1.29 is 23.9 Å². The molecule has 8 nitrogen and oxygen atoms in total. The van der Waals surface area contributed by atoms with E-state index in [9.17, 15) is 14.4 Å². The van der Waals surface area contributed by atoms with Gasteiger partial charge in [-0.05, 0) is 26.2 Å². The number of anilines is 1. The highest BCUT2D eigenvalue weighted by Gasteiger charge is 2.66. The summed E-state index contributed by atoms with van der Waals surface area (Å²) in [6.07, 6.45) is 2.61. The van der Waals surface area contributed by atoms with Gasteiger partial charge < -0.3 is 14.4 Å². The van der Waals surface area contributed by atoms with Crippen molar-refractivity contribution in [3.05, 3.63) is 42.5 Å². The van der Waals surface area contributed by atoms with E-state index in [2.05, 4.69) is 11.6 Å². The summed E-state index contributed by atoms with van der Waals surface area (Å²) >= 11 is 1.20. The third kappa shape index (κ3) is 2.60. The highest BCUT2D eigenvalue weighted by atomic mass is 32.2. The van der Waals surface area contributed by atoms with E-state index in [1.807, 2.05) is 6.07 Å². The van der Waals surface area contributed by atoms with Crippen molar-refractivity contribution in [2.45, 2.75) is 31.0 Å². The molecule has 29 heavy (non-hydrogen) atoms. The van der Waals surface area contributed by atoms with Crippen LogP contribution in [0.3, 0.4) is 0 Å². The van der Waals surface area contributed by atoms with Crippen molar-refractivity contribution >= 4 is 40.6 Å². The van der Waals surface area contributed by atoms with E-state index in [1.165, 1.54) is 16.7 Å². The maximum atomic E-state index is 13.6. The Hall–Kier alpha value is -2.81. The van der Waals surface area contributed by atoms with Crippen LogP contribution >= 0.6 is 11.8 Å². The summed E-state index contributed by atoms with van der Waals surface area (Å²) in [7, 11) is 0. The average Bonchev–Trinajstić information content (AvgIpc) is 3.29. The van der Waals surface area contributed by atoms with Crippen molar-refractivity contribution in [2.75, 3.05) is 24.3 Å². The summed E-state index contributed by atoms with van der Waals surface area (Å²) in [6, 6.07) is 5.90. The zero-order chi connectivity index (χ0) is 21.0. The van der Waals surface area contributed by atoms with Gasteiger partial charge >= 0.3 is 6.09 Å². The van der Waals surface area contributed by atoms with Crippen LogP contribution in [-0.2, 0) is 24.7 Å². The number of aliphatic imine (C=N–C) groups is 1. The van der Waals surface area contributed by atoms with Crippen LogP contribution < -0.4 is 4.90 Å². The fourth-order valence-electron chi connectivity index (χ4n) is 3.99. The molecule has 4 rings (SSSR count). The van der Waals surface area contributed by atoms with Crippen LogP contribution in [0.5, 0.6) is 0 Å². The van der Waals surface area contributed by atoms with Gasteiger partial charge in [-0.25, -0.2) is 14.7 Å². The third-order valence-electron chi connectivity index (χ3n) is 5.30. The molecular formula is C20H21N3O5S. The van der Waals surface area contributed by atoms with Gasteiger partial charge in [-0.1, -0.05) is 36.0 Å². The minimum Gasteiger partial charge on any atom is -0.448 e. The van der Waals surface area contributed by atoms with E-state index in [4.69, 9.17) is 9.47 Å². The van der Waals surface area contributed by atoms with Gasteiger partial charge in [-0.2, -0.15) is 0 Å². The summed E-state index contributed by atoms with van der Waals surface area (Å²) in [4.78, 5) is 46.4. The largest absolute Gasteiger partial charge is 0.448 e. The molecule has 1 aromatic rings. The number of para-hydroxylation sites is 1. The fraction of sp³-hybridized carbons (Fsp3) is 0.400. The highest BCUT2D eigenvalue weighted by Crippen LogP contribution is 2.50. The molecule has 1 saturated heterocycles. The number of amides is 3. The fourth-order valence-corrected chi connectivity index (χ4v) is 4.41. The number of imide groups is 1. The molecule has 152 valence electrons. The molecule has 0 aliphatic carbocycles. The van der Waals surface area contributed by atoms with Crippen LogP contribution in [0.4, 0.5) is 10.5 Å². The van der Waals surface area contributed by atoms with Gasteiger partial charge in [-0.3, -0.25) is 9.59 Å². The zero-order valence-electron chi connectivity index (χ0n) is 16.4. The van der Waals surface area contributed by atoms with Crippen molar-refractivity contribution in [3.63, 3.8) is 0 Å². The van der Waals surface area contributed by atoms with E-state index < -0.39 is 35.1 Å². The lowest BCUT2D eigenvalue weighted by Crippen LogP contribution is -2.57. The standard InChI is InChI=1S/C20H21N3O5S/c1-5-10-22-13-9-7-6-8-12(13)20(16(22)25)14(21-17(28-20)29-4)15(24)23-18(26)27-11-19(23,2)3/h5-9,14H,1,10-11H2,2-4H3/t14-,20-/m0/s1. The molecule has 2 atom stereocenters. The Morgan fingerprint density at radius 3 is 2.72 bits per heavy atom. The van der Waals surface area contributed by atoms with E-state index in [0.717, 1.165) is 4.90 Å². The van der Waals surface area contributed by atoms with E-state index >= 15 is 0 Å². The molecule has 3 heterocycles. The number of fused-ring (bicyclic) bond motifs is 2. The summed E-state index contributed by atoms with van der Waals surface area (Å²) in [6.45, 7) is 7.51. The predicted octanol–water partition coefficient (Wildman–Crippen LogP) is 2.29. The van der Waals surface area contributed by atoms with Gasteiger partial charge in [0.05, 0.1) is 11.2 Å². The molecule has 0 N–H and O–H groups in total.